The number of nitrogens with zero attached hydrogens (tertiary/aromatic N) is 2. The second-order valence-electron chi connectivity index (χ2n) is 10.2. The zero-order valence-electron chi connectivity index (χ0n) is 24.7. The molecular formula is C33H39BrN2O5. The molecule has 0 amide bonds. The van der Waals surface area contributed by atoms with Gasteiger partial charge in [-0.1, -0.05) is 54.8 Å². The summed E-state index contributed by atoms with van der Waals surface area (Å²) in [5, 5.41) is 13.9. The predicted octanol–water partition coefficient (Wildman–Crippen LogP) is 7.73. The molecule has 218 valence electrons. The summed E-state index contributed by atoms with van der Waals surface area (Å²) in [5.74, 6) is 1.41. The third-order valence-electron chi connectivity index (χ3n) is 7.30. The lowest BCUT2D eigenvalue weighted by atomic mass is 9.71. The van der Waals surface area contributed by atoms with Crippen LogP contribution in [0, 0.1) is 6.92 Å². The Hall–Kier alpha value is -3.36. The molecule has 2 aromatic carbocycles. The average Bonchev–Trinajstić information content (AvgIpc) is 2.97. The maximum Gasteiger partial charge on any atom is 0.217 e. The summed E-state index contributed by atoms with van der Waals surface area (Å²) in [6.07, 6.45) is 3.08. The molecule has 2 unspecified atom stereocenters. The summed E-state index contributed by atoms with van der Waals surface area (Å²) >= 11 is 3.60. The molecule has 0 aliphatic heterocycles. The molecule has 0 spiro atoms. The number of ether oxygens (including phenoxy) is 4. The molecule has 2 aromatic heterocycles. The second-order valence-corrected chi connectivity index (χ2v) is 11.1. The molecule has 0 saturated carbocycles. The normalized spacial score (nSPS) is 13.5. The van der Waals surface area contributed by atoms with Crippen molar-refractivity contribution in [1.82, 2.24) is 9.97 Å². The van der Waals surface area contributed by atoms with E-state index in [0.717, 1.165) is 45.0 Å². The van der Waals surface area contributed by atoms with Crippen LogP contribution in [0.2, 0.25) is 0 Å². The molecule has 8 heteroatoms. The van der Waals surface area contributed by atoms with Crippen molar-refractivity contribution in [2.24, 2.45) is 0 Å². The van der Waals surface area contributed by atoms with Gasteiger partial charge in [-0.15, -0.1) is 0 Å². The highest BCUT2D eigenvalue weighted by Crippen LogP contribution is 2.52. The Labute approximate surface area is 251 Å². The number of aromatic nitrogens is 2. The van der Waals surface area contributed by atoms with E-state index in [1.807, 2.05) is 55.5 Å². The molecule has 0 aliphatic carbocycles. The van der Waals surface area contributed by atoms with E-state index in [2.05, 4.69) is 34.8 Å². The fourth-order valence-corrected chi connectivity index (χ4v) is 5.82. The SMILES string of the molecule is CCCCOc1cccc(C(c2cc3cc(Br)ccc3nc2OC)C(O)(CCC)c2cc(C)nc(OC)c2)c1OC. The Balaban J connectivity index is 2.08. The van der Waals surface area contributed by atoms with Crippen molar-refractivity contribution in [2.45, 2.75) is 58.0 Å². The van der Waals surface area contributed by atoms with E-state index in [4.69, 9.17) is 23.9 Å². The predicted molar refractivity (Wildman–Crippen MR) is 166 cm³/mol. The van der Waals surface area contributed by atoms with Crippen LogP contribution >= 0.6 is 15.9 Å². The van der Waals surface area contributed by atoms with Crippen molar-refractivity contribution in [2.75, 3.05) is 27.9 Å². The number of halogens is 1. The van der Waals surface area contributed by atoms with Gasteiger partial charge in [0.2, 0.25) is 11.8 Å². The molecule has 4 aromatic rings. The van der Waals surface area contributed by atoms with E-state index in [9.17, 15) is 5.11 Å². The van der Waals surface area contributed by atoms with Crippen molar-refractivity contribution in [3.05, 3.63) is 81.5 Å². The largest absolute Gasteiger partial charge is 0.493 e. The molecule has 2 heterocycles. The first-order valence-corrected chi connectivity index (χ1v) is 14.8. The van der Waals surface area contributed by atoms with Crippen LogP contribution in [0.1, 0.15) is 67.8 Å². The second kappa shape index (κ2) is 13.5. The van der Waals surface area contributed by atoms with Gasteiger partial charge in [0.1, 0.15) is 5.60 Å². The molecule has 2 atom stereocenters. The van der Waals surface area contributed by atoms with Crippen LogP contribution in [-0.4, -0.2) is 43.0 Å². The Kier molecular flexibility index (Phi) is 10.1. The lowest BCUT2D eigenvalue weighted by Gasteiger charge is -2.39. The highest BCUT2D eigenvalue weighted by molar-refractivity contribution is 9.10. The van der Waals surface area contributed by atoms with E-state index >= 15 is 0 Å². The number of hydrogen-bond donors (Lipinski definition) is 1. The van der Waals surface area contributed by atoms with Crippen LogP contribution in [0.25, 0.3) is 10.9 Å². The molecule has 41 heavy (non-hydrogen) atoms. The zero-order valence-corrected chi connectivity index (χ0v) is 26.2. The van der Waals surface area contributed by atoms with Crippen molar-refractivity contribution >= 4 is 26.8 Å². The standard InChI is InChI=1S/C33H39BrN2O5/c1-7-9-16-41-28-12-10-11-25(31(28)39-5)30(26-19-22-18-24(34)13-14-27(22)36-32(26)40-6)33(37,15-8-2)23-17-21(3)35-29(20-23)38-4/h10-14,17-20,30,37H,7-9,15-16H2,1-6H3. The monoisotopic (exact) mass is 622 g/mol. The summed E-state index contributed by atoms with van der Waals surface area (Å²) in [4.78, 5) is 9.36. The lowest BCUT2D eigenvalue weighted by molar-refractivity contribution is 0.00776. The highest BCUT2D eigenvalue weighted by atomic mass is 79.9. The number of methoxy groups -OCH3 is 3. The number of unbranched alkanes of at least 4 members (excludes halogenated alkanes) is 1. The van der Waals surface area contributed by atoms with Crippen LogP contribution in [0.3, 0.4) is 0 Å². The Morgan fingerprint density at radius 2 is 1.71 bits per heavy atom. The molecule has 7 nitrogen and oxygen atoms in total. The Bertz CT molecular complexity index is 1490. The van der Waals surface area contributed by atoms with Gasteiger partial charge in [0.05, 0.1) is 39.4 Å². The number of aliphatic hydroxyl groups is 1. The number of pyridine rings is 2. The Morgan fingerprint density at radius 1 is 0.902 bits per heavy atom. The van der Waals surface area contributed by atoms with Crippen molar-refractivity contribution in [1.29, 1.82) is 0 Å². The van der Waals surface area contributed by atoms with Gasteiger partial charge in [0.15, 0.2) is 11.5 Å². The minimum Gasteiger partial charge on any atom is -0.493 e. The Morgan fingerprint density at radius 3 is 2.39 bits per heavy atom. The van der Waals surface area contributed by atoms with Gasteiger partial charge < -0.3 is 24.1 Å². The van der Waals surface area contributed by atoms with Gasteiger partial charge in [-0.2, -0.15) is 0 Å². The number of para-hydroxylation sites is 1. The van der Waals surface area contributed by atoms with E-state index in [-0.39, 0.29) is 0 Å². The van der Waals surface area contributed by atoms with Gasteiger partial charge in [-0.25, -0.2) is 9.97 Å². The molecule has 4 rings (SSSR count). The first-order valence-electron chi connectivity index (χ1n) is 14.0. The van der Waals surface area contributed by atoms with Crippen LogP contribution < -0.4 is 18.9 Å². The van der Waals surface area contributed by atoms with Gasteiger partial charge in [0.25, 0.3) is 0 Å². The smallest absolute Gasteiger partial charge is 0.217 e. The number of benzene rings is 2. The van der Waals surface area contributed by atoms with Crippen LogP contribution in [0.15, 0.2) is 59.1 Å². The van der Waals surface area contributed by atoms with Crippen molar-refractivity contribution in [3.8, 4) is 23.3 Å². The summed E-state index contributed by atoms with van der Waals surface area (Å²) in [6.45, 7) is 6.64. The van der Waals surface area contributed by atoms with E-state index < -0.39 is 11.5 Å². The minimum absolute atomic E-state index is 0.427. The summed E-state index contributed by atoms with van der Waals surface area (Å²) < 4.78 is 24.6. The van der Waals surface area contributed by atoms with Gasteiger partial charge in [-0.3, -0.25) is 0 Å². The maximum atomic E-state index is 13.0. The van der Waals surface area contributed by atoms with Crippen LogP contribution in [0.5, 0.6) is 23.3 Å². The number of aryl methyl sites for hydroxylation is 1. The van der Waals surface area contributed by atoms with Crippen LogP contribution in [0.4, 0.5) is 0 Å². The fraction of sp³-hybridized carbons (Fsp3) is 0.394. The summed E-state index contributed by atoms with van der Waals surface area (Å²) in [7, 11) is 4.82. The third kappa shape index (κ3) is 6.44. The molecule has 0 aliphatic rings. The number of rotatable bonds is 13. The minimum atomic E-state index is -1.42. The topological polar surface area (TPSA) is 82.9 Å². The number of hydrogen-bond acceptors (Lipinski definition) is 7. The maximum absolute atomic E-state index is 13.0. The first-order chi connectivity index (χ1) is 19.8. The first kappa shape index (κ1) is 30.6. The summed E-state index contributed by atoms with van der Waals surface area (Å²) in [6, 6.07) is 17.5. The van der Waals surface area contributed by atoms with E-state index in [1.54, 1.807) is 27.4 Å². The van der Waals surface area contributed by atoms with Crippen molar-refractivity contribution < 1.29 is 24.1 Å². The third-order valence-corrected chi connectivity index (χ3v) is 7.79. The quantitative estimate of drug-likeness (QED) is 0.153. The molecule has 0 saturated heterocycles. The molecule has 0 radical (unpaired) electrons. The van der Waals surface area contributed by atoms with Crippen LogP contribution in [-0.2, 0) is 5.60 Å². The van der Waals surface area contributed by atoms with E-state index in [1.165, 1.54) is 0 Å². The molecule has 0 fully saturated rings. The highest BCUT2D eigenvalue weighted by Gasteiger charge is 2.44. The zero-order chi connectivity index (χ0) is 29.6. The van der Waals surface area contributed by atoms with Gasteiger partial charge >= 0.3 is 0 Å². The van der Waals surface area contributed by atoms with Gasteiger partial charge in [0, 0.05) is 32.7 Å². The average molecular weight is 624 g/mol. The number of fused-ring (bicyclic) bond motifs is 1. The molecular weight excluding hydrogens is 584 g/mol. The van der Waals surface area contributed by atoms with Crippen molar-refractivity contribution in [3.63, 3.8) is 0 Å². The fourth-order valence-electron chi connectivity index (χ4n) is 5.45. The van der Waals surface area contributed by atoms with E-state index in [0.29, 0.717) is 48.3 Å². The van der Waals surface area contributed by atoms with Gasteiger partial charge in [-0.05, 0) is 61.7 Å². The summed E-state index contributed by atoms with van der Waals surface area (Å²) in [5.41, 5.74) is 2.29. The lowest BCUT2D eigenvalue weighted by Crippen LogP contribution is -2.35. The molecule has 1 N–H and O–H groups in total. The molecule has 0 bridgehead atoms.